The van der Waals surface area contributed by atoms with E-state index in [0.717, 1.165) is 6.26 Å². The van der Waals surface area contributed by atoms with Gasteiger partial charge in [-0.2, -0.15) is 0 Å². The minimum absolute atomic E-state index is 0.0325. The molecule has 0 saturated heterocycles. The molecule has 0 radical (unpaired) electrons. The van der Waals surface area contributed by atoms with Crippen LogP contribution >= 0.6 is 11.6 Å². The minimum atomic E-state index is -3.43. The van der Waals surface area contributed by atoms with Gasteiger partial charge >= 0.3 is 0 Å². The molecule has 8 heteroatoms. The molecule has 6 nitrogen and oxygen atoms in total. The molecule has 2 N–H and O–H groups in total. The van der Waals surface area contributed by atoms with E-state index in [1.165, 1.54) is 36.4 Å². The summed E-state index contributed by atoms with van der Waals surface area (Å²) in [6.45, 7) is 3.68. The highest BCUT2D eigenvalue weighted by atomic mass is 35.5. The van der Waals surface area contributed by atoms with E-state index in [4.69, 9.17) is 11.6 Å². The SMILES string of the molecule is CC(C)NC(=O)c1ccc(Cl)c(NC(=O)c2cccc(S(C)(=O)=O)c2)c1. The molecule has 0 saturated carbocycles. The van der Waals surface area contributed by atoms with Crippen molar-refractivity contribution in [1.82, 2.24) is 5.32 Å². The molecule has 0 unspecified atom stereocenters. The Morgan fingerprint density at radius 1 is 1.00 bits per heavy atom. The lowest BCUT2D eigenvalue weighted by Crippen LogP contribution is -2.30. The summed E-state index contributed by atoms with van der Waals surface area (Å²) in [6, 6.07) is 10.2. The summed E-state index contributed by atoms with van der Waals surface area (Å²) >= 11 is 6.10. The molecule has 0 aliphatic carbocycles. The van der Waals surface area contributed by atoms with Crippen molar-refractivity contribution in [2.75, 3.05) is 11.6 Å². The molecule has 0 aliphatic heterocycles. The molecule has 0 aromatic heterocycles. The van der Waals surface area contributed by atoms with E-state index in [0.29, 0.717) is 5.56 Å². The smallest absolute Gasteiger partial charge is 0.255 e. The van der Waals surface area contributed by atoms with Crippen molar-refractivity contribution in [2.24, 2.45) is 0 Å². The predicted octanol–water partition coefficient (Wildman–Crippen LogP) is 3.13. The van der Waals surface area contributed by atoms with Gasteiger partial charge in [-0.3, -0.25) is 9.59 Å². The molecule has 0 bridgehead atoms. The van der Waals surface area contributed by atoms with Crippen LogP contribution in [0.4, 0.5) is 5.69 Å². The summed E-state index contributed by atoms with van der Waals surface area (Å²) < 4.78 is 23.3. The van der Waals surface area contributed by atoms with Gasteiger partial charge in [0.2, 0.25) is 0 Å². The predicted molar refractivity (Wildman–Crippen MR) is 102 cm³/mol. The highest BCUT2D eigenvalue weighted by Gasteiger charge is 2.15. The number of nitrogens with one attached hydrogen (secondary N) is 2. The highest BCUT2D eigenvalue weighted by molar-refractivity contribution is 7.90. The van der Waals surface area contributed by atoms with Gasteiger partial charge in [0.05, 0.1) is 15.6 Å². The first-order valence-corrected chi connectivity index (χ1v) is 10.1. The third-order valence-electron chi connectivity index (χ3n) is 3.42. The number of halogens is 1. The monoisotopic (exact) mass is 394 g/mol. The molecule has 0 fully saturated rings. The number of hydrogen-bond donors (Lipinski definition) is 2. The number of anilines is 1. The second-order valence-electron chi connectivity index (χ2n) is 6.08. The van der Waals surface area contributed by atoms with Crippen LogP contribution in [0.1, 0.15) is 34.6 Å². The molecule has 2 rings (SSSR count). The Morgan fingerprint density at radius 2 is 1.65 bits per heavy atom. The highest BCUT2D eigenvalue weighted by Crippen LogP contribution is 2.24. The van der Waals surface area contributed by atoms with Crippen LogP contribution < -0.4 is 10.6 Å². The van der Waals surface area contributed by atoms with Crippen LogP contribution in [0.25, 0.3) is 0 Å². The zero-order valence-corrected chi connectivity index (χ0v) is 16.1. The maximum Gasteiger partial charge on any atom is 0.255 e. The molecule has 2 amide bonds. The Bertz CT molecular complexity index is 955. The minimum Gasteiger partial charge on any atom is -0.350 e. The van der Waals surface area contributed by atoms with Gasteiger partial charge < -0.3 is 10.6 Å². The Hall–Kier alpha value is -2.38. The fourth-order valence-corrected chi connectivity index (χ4v) is 3.00. The van der Waals surface area contributed by atoms with Crippen LogP contribution in [0.15, 0.2) is 47.4 Å². The summed E-state index contributed by atoms with van der Waals surface area (Å²) in [6.07, 6.45) is 1.07. The van der Waals surface area contributed by atoms with Crippen LogP contribution in [0.5, 0.6) is 0 Å². The van der Waals surface area contributed by atoms with E-state index >= 15 is 0 Å². The van der Waals surface area contributed by atoms with Gasteiger partial charge in [0.15, 0.2) is 9.84 Å². The van der Waals surface area contributed by atoms with E-state index in [1.54, 1.807) is 6.07 Å². The van der Waals surface area contributed by atoms with Crippen LogP contribution in [0, 0.1) is 0 Å². The Balaban J connectivity index is 2.28. The van der Waals surface area contributed by atoms with Crippen LogP contribution in [0.3, 0.4) is 0 Å². The van der Waals surface area contributed by atoms with Crippen molar-refractivity contribution in [2.45, 2.75) is 24.8 Å². The fourth-order valence-electron chi connectivity index (χ4n) is 2.17. The standard InChI is InChI=1S/C18H19ClN2O4S/c1-11(2)20-17(22)13-7-8-15(19)16(10-13)21-18(23)12-5-4-6-14(9-12)26(3,24)25/h4-11H,1-3H3,(H,20,22)(H,21,23). The van der Waals surface area contributed by atoms with E-state index in [2.05, 4.69) is 10.6 Å². The third kappa shape index (κ3) is 5.06. The molecular formula is C18H19ClN2O4S. The van der Waals surface area contributed by atoms with Gasteiger partial charge in [0.1, 0.15) is 0 Å². The summed E-state index contributed by atoms with van der Waals surface area (Å²) in [4.78, 5) is 24.6. The number of hydrogen-bond acceptors (Lipinski definition) is 4. The maximum absolute atomic E-state index is 12.4. The Morgan fingerprint density at radius 3 is 2.27 bits per heavy atom. The number of benzene rings is 2. The summed E-state index contributed by atoms with van der Waals surface area (Å²) in [5, 5.41) is 5.62. The normalized spacial score (nSPS) is 11.3. The molecule has 26 heavy (non-hydrogen) atoms. The lowest BCUT2D eigenvalue weighted by atomic mass is 10.1. The van der Waals surface area contributed by atoms with Gasteiger partial charge in [-0.1, -0.05) is 17.7 Å². The average molecular weight is 395 g/mol. The second-order valence-corrected chi connectivity index (χ2v) is 8.50. The fraction of sp³-hybridized carbons (Fsp3) is 0.222. The molecule has 0 aliphatic rings. The quantitative estimate of drug-likeness (QED) is 0.814. The number of carbonyl (C=O) groups excluding carboxylic acids is 2. The second kappa shape index (κ2) is 7.88. The van der Waals surface area contributed by atoms with Crippen molar-refractivity contribution >= 4 is 38.9 Å². The number of sulfone groups is 1. The first-order chi connectivity index (χ1) is 12.1. The van der Waals surface area contributed by atoms with Crippen LogP contribution in [0.2, 0.25) is 5.02 Å². The van der Waals surface area contributed by atoms with Crippen molar-refractivity contribution in [3.8, 4) is 0 Å². The molecule has 0 spiro atoms. The lowest BCUT2D eigenvalue weighted by Gasteiger charge is -2.12. The van der Waals surface area contributed by atoms with Crippen molar-refractivity contribution in [3.63, 3.8) is 0 Å². The lowest BCUT2D eigenvalue weighted by molar-refractivity contribution is 0.0941. The van der Waals surface area contributed by atoms with Gasteiger partial charge in [-0.25, -0.2) is 8.42 Å². The van der Waals surface area contributed by atoms with Gasteiger partial charge in [0.25, 0.3) is 11.8 Å². The topological polar surface area (TPSA) is 92.3 Å². The number of amides is 2. The number of rotatable bonds is 5. The summed E-state index contributed by atoms with van der Waals surface area (Å²) in [7, 11) is -3.43. The maximum atomic E-state index is 12.4. The molecule has 2 aromatic carbocycles. The Kier molecular flexibility index (Phi) is 6.05. The molecule has 0 heterocycles. The molecular weight excluding hydrogens is 376 g/mol. The van der Waals surface area contributed by atoms with Gasteiger partial charge in [-0.05, 0) is 50.2 Å². The zero-order valence-electron chi connectivity index (χ0n) is 14.5. The van der Waals surface area contributed by atoms with E-state index in [9.17, 15) is 18.0 Å². The van der Waals surface area contributed by atoms with Gasteiger partial charge in [-0.15, -0.1) is 0 Å². The largest absolute Gasteiger partial charge is 0.350 e. The van der Waals surface area contributed by atoms with E-state index in [-0.39, 0.29) is 33.1 Å². The van der Waals surface area contributed by atoms with Crippen molar-refractivity contribution < 1.29 is 18.0 Å². The van der Waals surface area contributed by atoms with Gasteiger partial charge in [0, 0.05) is 23.4 Å². The summed E-state index contributed by atoms with van der Waals surface area (Å²) in [5.41, 5.74) is 0.780. The Labute approximate surface area is 157 Å². The molecule has 138 valence electrons. The van der Waals surface area contributed by atoms with Crippen molar-refractivity contribution in [3.05, 3.63) is 58.6 Å². The van der Waals surface area contributed by atoms with E-state index < -0.39 is 15.7 Å². The van der Waals surface area contributed by atoms with Crippen LogP contribution in [-0.4, -0.2) is 32.5 Å². The third-order valence-corrected chi connectivity index (χ3v) is 4.86. The first-order valence-electron chi connectivity index (χ1n) is 7.80. The van der Waals surface area contributed by atoms with Crippen LogP contribution in [-0.2, 0) is 9.84 Å². The zero-order chi connectivity index (χ0) is 19.5. The molecule has 0 atom stereocenters. The first kappa shape index (κ1) is 19.9. The molecule has 2 aromatic rings. The number of carbonyl (C=O) groups is 2. The van der Waals surface area contributed by atoms with E-state index in [1.807, 2.05) is 13.8 Å². The average Bonchev–Trinajstić information content (AvgIpc) is 2.55. The van der Waals surface area contributed by atoms with Crippen molar-refractivity contribution in [1.29, 1.82) is 0 Å². The summed E-state index contributed by atoms with van der Waals surface area (Å²) in [5.74, 6) is -0.815.